The molecule has 7 nitrogen and oxygen atoms in total. The fourth-order valence-electron chi connectivity index (χ4n) is 3.47. The van der Waals surface area contributed by atoms with E-state index >= 15 is 0 Å². The molecule has 2 aliphatic heterocycles. The van der Waals surface area contributed by atoms with Crippen molar-refractivity contribution in [3.8, 4) is 0 Å². The van der Waals surface area contributed by atoms with Crippen molar-refractivity contribution < 1.29 is 14.3 Å². The van der Waals surface area contributed by atoms with Gasteiger partial charge in [-0.15, -0.1) is 0 Å². The second kappa shape index (κ2) is 7.21. The Morgan fingerprint density at radius 2 is 2.21 bits per heavy atom. The third-order valence-corrected chi connectivity index (χ3v) is 5.04. The summed E-state index contributed by atoms with van der Waals surface area (Å²) in [5.41, 5.74) is 1.05. The molecule has 134 valence electrons. The van der Waals surface area contributed by atoms with Crippen molar-refractivity contribution >= 4 is 5.91 Å². The highest BCUT2D eigenvalue weighted by Gasteiger charge is 2.43. The minimum Gasteiger partial charge on any atom is -0.372 e. The second-order valence-electron chi connectivity index (χ2n) is 7.18. The molecule has 3 heterocycles. The smallest absolute Gasteiger partial charge is 0.248 e. The molecule has 1 atom stereocenters. The lowest BCUT2D eigenvalue weighted by molar-refractivity contribution is -0.135. The summed E-state index contributed by atoms with van der Waals surface area (Å²) in [4.78, 5) is 15.6. The molecule has 0 unspecified atom stereocenters. The Labute approximate surface area is 143 Å². The topological polar surface area (TPSA) is 59.8 Å². The average Bonchev–Trinajstić information content (AvgIpc) is 3.14. The Bertz CT molecular complexity index is 564. The highest BCUT2D eigenvalue weighted by Crippen LogP contribution is 2.37. The minimum absolute atomic E-state index is 0.00105. The summed E-state index contributed by atoms with van der Waals surface area (Å²) in [6, 6.07) is 2.07. The van der Waals surface area contributed by atoms with E-state index in [1.165, 1.54) is 0 Å². The Hall–Kier alpha value is -1.44. The third-order valence-electron chi connectivity index (χ3n) is 5.04. The summed E-state index contributed by atoms with van der Waals surface area (Å²) >= 11 is 0. The summed E-state index contributed by atoms with van der Waals surface area (Å²) in [6.45, 7) is 3.66. The van der Waals surface area contributed by atoms with Crippen molar-refractivity contribution in [2.45, 2.75) is 37.5 Å². The number of hydrogen-bond acceptors (Lipinski definition) is 5. The zero-order chi connectivity index (χ0) is 17.2. The van der Waals surface area contributed by atoms with E-state index in [9.17, 15) is 4.79 Å². The van der Waals surface area contributed by atoms with Crippen LogP contribution in [0, 0.1) is 0 Å². The van der Waals surface area contributed by atoms with E-state index in [2.05, 4.69) is 16.1 Å². The van der Waals surface area contributed by atoms with Crippen molar-refractivity contribution in [2.24, 2.45) is 7.05 Å². The van der Waals surface area contributed by atoms with E-state index in [4.69, 9.17) is 9.47 Å². The fraction of sp³-hybridized carbons (Fsp3) is 0.765. The van der Waals surface area contributed by atoms with Gasteiger partial charge in [-0.1, -0.05) is 0 Å². The Morgan fingerprint density at radius 3 is 2.83 bits per heavy atom. The summed E-state index contributed by atoms with van der Waals surface area (Å²) in [5.74, 6) is 0.00105. The zero-order valence-electron chi connectivity index (χ0n) is 14.9. The van der Waals surface area contributed by atoms with Crippen LogP contribution in [0.4, 0.5) is 0 Å². The van der Waals surface area contributed by atoms with E-state index in [0.29, 0.717) is 6.61 Å². The number of rotatable bonds is 5. The first kappa shape index (κ1) is 17.4. The van der Waals surface area contributed by atoms with Gasteiger partial charge in [0.15, 0.2) is 0 Å². The van der Waals surface area contributed by atoms with Gasteiger partial charge in [-0.2, -0.15) is 5.10 Å². The summed E-state index contributed by atoms with van der Waals surface area (Å²) in [7, 11) is 5.44. The van der Waals surface area contributed by atoms with Crippen molar-refractivity contribution in [1.29, 1.82) is 0 Å². The molecule has 0 aliphatic carbocycles. The molecule has 0 bridgehead atoms. The molecule has 2 fully saturated rings. The molecule has 0 N–H and O–H groups in total. The number of ether oxygens (including phenoxy) is 2. The quantitative estimate of drug-likeness (QED) is 0.790. The van der Waals surface area contributed by atoms with Gasteiger partial charge in [0.1, 0.15) is 6.61 Å². The van der Waals surface area contributed by atoms with Gasteiger partial charge in [-0.05, 0) is 18.9 Å². The van der Waals surface area contributed by atoms with Crippen molar-refractivity contribution in [3.63, 3.8) is 0 Å². The molecule has 0 radical (unpaired) electrons. The van der Waals surface area contributed by atoms with Crippen molar-refractivity contribution in [1.82, 2.24) is 19.6 Å². The molecule has 3 rings (SSSR count). The molecule has 1 aromatic rings. The number of carbonyl (C=O) groups excluding carboxylic acids is 1. The van der Waals surface area contributed by atoms with Crippen LogP contribution < -0.4 is 0 Å². The van der Waals surface area contributed by atoms with Gasteiger partial charge in [0.25, 0.3) is 0 Å². The molecule has 1 aromatic heterocycles. The number of carbonyl (C=O) groups is 1. The van der Waals surface area contributed by atoms with E-state index in [1.54, 1.807) is 19.0 Å². The van der Waals surface area contributed by atoms with Crippen LogP contribution in [0.15, 0.2) is 12.3 Å². The van der Waals surface area contributed by atoms with Crippen LogP contribution >= 0.6 is 0 Å². The first-order valence-corrected chi connectivity index (χ1v) is 8.62. The Morgan fingerprint density at radius 1 is 1.46 bits per heavy atom. The van der Waals surface area contributed by atoms with Crippen LogP contribution in [0.2, 0.25) is 0 Å². The van der Waals surface area contributed by atoms with Gasteiger partial charge in [-0.3, -0.25) is 14.4 Å². The maximum atomic E-state index is 11.6. The molecule has 1 amide bonds. The van der Waals surface area contributed by atoms with Crippen LogP contribution in [0.1, 0.15) is 25.0 Å². The standard InChI is InChI=1S/C17H28N4O3/c1-19(2)16(22)13-23-15-10-17(24-12-15)5-8-21(9-6-17)11-14-4-7-20(3)18-14/h4,7,15H,5-6,8-13H2,1-3H3/t15-/m1/s1. The summed E-state index contributed by atoms with van der Waals surface area (Å²) < 4.78 is 13.7. The van der Waals surface area contributed by atoms with Gasteiger partial charge in [-0.25, -0.2) is 0 Å². The molecule has 0 aromatic carbocycles. The van der Waals surface area contributed by atoms with Crippen LogP contribution in [0.3, 0.4) is 0 Å². The molecule has 0 saturated carbocycles. The van der Waals surface area contributed by atoms with E-state index in [-0.39, 0.29) is 24.2 Å². The zero-order valence-corrected chi connectivity index (χ0v) is 14.9. The van der Waals surface area contributed by atoms with E-state index in [1.807, 2.05) is 17.9 Å². The lowest BCUT2D eigenvalue weighted by Gasteiger charge is -2.38. The number of likely N-dealkylation sites (tertiary alicyclic amines) is 1. The normalized spacial score (nSPS) is 23.7. The van der Waals surface area contributed by atoms with E-state index in [0.717, 1.165) is 44.6 Å². The van der Waals surface area contributed by atoms with Gasteiger partial charge in [0, 0.05) is 53.4 Å². The highest BCUT2D eigenvalue weighted by molar-refractivity contribution is 5.76. The molecule has 2 aliphatic rings. The predicted octanol–water partition coefficient (Wildman–Crippen LogP) is 0.648. The Kier molecular flexibility index (Phi) is 5.22. The minimum atomic E-state index is -0.0630. The van der Waals surface area contributed by atoms with Gasteiger partial charge in [0.05, 0.1) is 24.0 Å². The maximum absolute atomic E-state index is 11.6. The number of hydrogen-bond donors (Lipinski definition) is 0. The molecule has 1 spiro atoms. The molecule has 2 saturated heterocycles. The SMILES string of the molecule is CN(C)C(=O)CO[C@H]1COC2(CCN(Cc3ccn(C)n3)CC2)C1. The number of aromatic nitrogens is 2. The molecule has 24 heavy (non-hydrogen) atoms. The lowest BCUT2D eigenvalue weighted by atomic mass is 9.88. The molecule has 7 heteroatoms. The first-order valence-electron chi connectivity index (χ1n) is 8.62. The number of likely N-dealkylation sites (N-methyl/N-ethyl adjacent to an activating group) is 1. The second-order valence-corrected chi connectivity index (χ2v) is 7.18. The first-order chi connectivity index (χ1) is 11.5. The van der Waals surface area contributed by atoms with Gasteiger partial charge in [0.2, 0.25) is 5.91 Å². The lowest BCUT2D eigenvalue weighted by Crippen LogP contribution is -2.44. The predicted molar refractivity (Wildman–Crippen MR) is 89.5 cm³/mol. The largest absolute Gasteiger partial charge is 0.372 e. The molecular weight excluding hydrogens is 308 g/mol. The van der Waals surface area contributed by atoms with Crippen LogP contribution in [-0.2, 0) is 27.9 Å². The van der Waals surface area contributed by atoms with Gasteiger partial charge < -0.3 is 14.4 Å². The number of amides is 1. The summed E-state index contributed by atoms with van der Waals surface area (Å²) in [6.07, 6.45) is 4.95. The maximum Gasteiger partial charge on any atom is 0.248 e. The van der Waals surface area contributed by atoms with Crippen LogP contribution in [0.5, 0.6) is 0 Å². The van der Waals surface area contributed by atoms with Crippen LogP contribution in [-0.4, -0.2) is 77.6 Å². The number of aryl methyl sites for hydroxylation is 1. The Balaban J connectivity index is 1.43. The van der Waals surface area contributed by atoms with Crippen molar-refractivity contribution in [2.75, 3.05) is 40.4 Å². The average molecular weight is 336 g/mol. The fourth-order valence-corrected chi connectivity index (χ4v) is 3.47. The highest BCUT2D eigenvalue weighted by atomic mass is 16.6. The summed E-state index contributed by atoms with van der Waals surface area (Å²) in [5, 5.41) is 4.45. The van der Waals surface area contributed by atoms with Crippen LogP contribution in [0.25, 0.3) is 0 Å². The third kappa shape index (κ3) is 4.15. The number of piperidine rings is 1. The van der Waals surface area contributed by atoms with Gasteiger partial charge >= 0.3 is 0 Å². The van der Waals surface area contributed by atoms with Crippen molar-refractivity contribution in [3.05, 3.63) is 18.0 Å². The molecular formula is C17H28N4O3. The monoisotopic (exact) mass is 336 g/mol. The van der Waals surface area contributed by atoms with E-state index < -0.39 is 0 Å². The number of nitrogens with zero attached hydrogens (tertiary/aromatic N) is 4.